The van der Waals surface area contributed by atoms with Crippen molar-refractivity contribution < 1.29 is 4.39 Å². The lowest BCUT2D eigenvalue weighted by molar-refractivity contribution is 0.244. The van der Waals surface area contributed by atoms with Crippen LogP contribution in [0, 0.1) is 5.92 Å². The molecule has 1 unspecified atom stereocenters. The third-order valence-electron chi connectivity index (χ3n) is 2.34. The summed E-state index contributed by atoms with van der Waals surface area (Å²) >= 11 is 0. The quantitative estimate of drug-likeness (QED) is 0.669. The van der Waals surface area contributed by atoms with Crippen molar-refractivity contribution in [1.82, 2.24) is 10.4 Å². The van der Waals surface area contributed by atoms with Crippen LogP contribution in [0.4, 0.5) is 4.39 Å². The largest absolute Gasteiger partial charge is 0.258 e. The standard InChI is InChI=1S/C10H17FN2/c1-8-5-4-6-9(10(8)11)7-13(3)12-2/h4-6,8,10,12H,7H2,1-3H3/t8-,10?/m1/s1. The highest BCUT2D eigenvalue weighted by Gasteiger charge is 2.21. The van der Waals surface area contributed by atoms with Crippen LogP contribution in [0.15, 0.2) is 23.8 Å². The predicted molar refractivity (Wildman–Crippen MR) is 53.0 cm³/mol. The van der Waals surface area contributed by atoms with Crippen molar-refractivity contribution in [3.05, 3.63) is 23.8 Å². The molecule has 1 N–H and O–H groups in total. The van der Waals surface area contributed by atoms with E-state index in [1.54, 1.807) is 0 Å². The number of halogens is 1. The van der Waals surface area contributed by atoms with E-state index < -0.39 is 6.17 Å². The van der Waals surface area contributed by atoms with E-state index in [0.717, 1.165) is 5.57 Å². The summed E-state index contributed by atoms with van der Waals surface area (Å²) in [5.74, 6) is 0.00487. The number of nitrogens with one attached hydrogen (secondary N) is 1. The molecule has 3 heteroatoms. The first-order valence-corrected chi connectivity index (χ1v) is 4.55. The van der Waals surface area contributed by atoms with Crippen molar-refractivity contribution in [2.75, 3.05) is 20.6 Å². The van der Waals surface area contributed by atoms with Crippen molar-refractivity contribution in [1.29, 1.82) is 0 Å². The van der Waals surface area contributed by atoms with Crippen molar-refractivity contribution >= 4 is 0 Å². The Morgan fingerprint density at radius 1 is 1.62 bits per heavy atom. The summed E-state index contributed by atoms with van der Waals surface area (Å²) in [6.45, 7) is 2.53. The molecular formula is C10H17FN2. The number of nitrogens with zero attached hydrogens (tertiary/aromatic N) is 1. The van der Waals surface area contributed by atoms with Gasteiger partial charge in [-0.05, 0) is 12.6 Å². The molecule has 0 aromatic rings. The Morgan fingerprint density at radius 3 is 2.92 bits per heavy atom. The monoisotopic (exact) mass is 184 g/mol. The van der Waals surface area contributed by atoms with E-state index in [9.17, 15) is 4.39 Å². The van der Waals surface area contributed by atoms with Gasteiger partial charge in [-0.15, -0.1) is 0 Å². The number of hydrazine groups is 1. The van der Waals surface area contributed by atoms with Crippen LogP contribution in [0.2, 0.25) is 0 Å². The molecule has 0 aromatic carbocycles. The molecule has 2 atom stereocenters. The van der Waals surface area contributed by atoms with Gasteiger partial charge in [-0.2, -0.15) is 0 Å². The first-order valence-electron chi connectivity index (χ1n) is 4.55. The molecule has 1 aliphatic carbocycles. The summed E-state index contributed by atoms with van der Waals surface area (Å²) in [4.78, 5) is 0. The van der Waals surface area contributed by atoms with E-state index in [0.29, 0.717) is 6.54 Å². The molecule has 0 bridgehead atoms. The molecule has 0 radical (unpaired) electrons. The van der Waals surface area contributed by atoms with Gasteiger partial charge in [0.1, 0.15) is 6.17 Å². The van der Waals surface area contributed by atoms with Gasteiger partial charge in [-0.25, -0.2) is 9.40 Å². The Labute approximate surface area is 79.1 Å². The first-order chi connectivity index (χ1) is 6.15. The summed E-state index contributed by atoms with van der Waals surface area (Å²) in [5.41, 5.74) is 3.79. The van der Waals surface area contributed by atoms with Crippen LogP contribution in [0.3, 0.4) is 0 Å². The third-order valence-corrected chi connectivity index (χ3v) is 2.34. The highest BCUT2D eigenvalue weighted by molar-refractivity contribution is 5.25. The van der Waals surface area contributed by atoms with E-state index >= 15 is 0 Å². The maximum absolute atomic E-state index is 13.6. The molecule has 0 heterocycles. The Balaban J connectivity index is 2.58. The number of hydrogen-bond acceptors (Lipinski definition) is 2. The fourth-order valence-corrected chi connectivity index (χ4v) is 1.37. The number of rotatable bonds is 3. The van der Waals surface area contributed by atoms with Crippen molar-refractivity contribution in [3.63, 3.8) is 0 Å². The number of allylic oxidation sites excluding steroid dienone is 3. The van der Waals surface area contributed by atoms with E-state index in [2.05, 4.69) is 5.43 Å². The summed E-state index contributed by atoms with van der Waals surface area (Å²) in [6, 6.07) is 0. The van der Waals surface area contributed by atoms with E-state index in [-0.39, 0.29) is 5.92 Å². The topological polar surface area (TPSA) is 15.3 Å². The van der Waals surface area contributed by atoms with E-state index in [1.165, 1.54) is 0 Å². The van der Waals surface area contributed by atoms with Crippen molar-refractivity contribution in [2.45, 2.75) is 13.1 Å². The van der Waals surface area contributed by atoms with E-state index in [4.69, 9.17) is 0 Å². The minimum atomic E-state index is -0.833. The van der Waals surface area contributed by atoms with Gasteiger partial charge in [-0.3, -0.25) is 5.43 Å². The normalized spacial score (nSPS) is 27.9. The van der Waals surface area contributed by atoms with Gasteiger partial charge in [0.25, 0.3) is 0 Å². The molecule has 2 nitrogen and oxygen atoms in total. The van der Waals surface area contributed by atoms with Crippen molar-refractivity contribution in [2.24, 2.45) is 5.92 Å². The molecule has 0 amide bonds. The average molecular weight is 184 g/mol. The Kier molecular flexibility index (Phi) is 3.63. The van der Waals surface area contributed by atoms with Crippen LogP contribution in [0.5, 0.6) is 0 Å². The zero-order valence-corrected chi connectivity index (χ0v) is 8.42. The zero-order valence-electron chi connectivity index (χ0n) is 8.42. The average Bonchev–Trinajstić information content (AvgIpc) is 2.13. The summed E-state index contributed by atoms with van der Waals surface area (Å²) in [7, 11) is 3.73. The van der Waals surface area contributed by atoms with Crippen LogP contribution >= 0.6 is 0 Å². The molecule has 0 saturated carbocycles. The maximum atomic E-state index is 13.6. The number of likely N-dealkylation sites (N-methyl/N-ethyl adjacent to an activating group) is 1. The second kappa shape index (κ2) is 4.53. The molecular weight excluding hydrogens is 167 g/mol. The lowest BCUT2D eigenvalue weighted by Crippen LogP contribution is -2.35. The molecule has 0 aromatic heterocycles. The summed E-state index contributed by atoms with van der Waals surface area (Å²) in [6.07, 6.45) is 4.85. The third kappa shape index (κ3) is 2.64. The van der Waals surface area contributed by atoms with Crippen LogP contribution in [0.25, 0.3) is 0 Å². The fourth-order valence-electron chi connectivity index (χ4n) is 1.37. The van der Waals surface area contributed by atoms with Gasteiger partial charge < -0.3 is 0 Å². The van der Waals surface area contributed by atoms with Gasteiger partial charge in [0, 0.05) is 19.5 Å². The lowest BCUT2D eigenvalue weighted by Gasteiger charge is -2.24. The maximum Gasteiger partial charge on any atom is 0.129 e. The molecule has 74 valence electrons. The molecule has 0 fully saturated rings. The highest BCUT2D eigenvalue weighted by Crippen LogP contribution is 2.22. The first kappa shape index (κ1) is 10.4. The molecule has 1 rings (SSSR count). The molecule has 0 aliphatic heterocycles. The molecule has 13 heavy (non-hydrogen) atoms. The van der Waals surface area contributed by atoms with Gasteiger partial charge in [0.2, 0.25) is 0 Å². The Bertz CT molecular complexity index is 223. The van der Waals surface area contributed by atoms with Gasteiger partial charge in [-0.1, -0.05) is 25.2 Å². The minimum absolute atomic E-state index is 0.00487. The second-order valence-corrected chi connectivity index (χ2v) is 3.47. The van der Waals surface area contributed by atoms with Gasteiger partial charge in [0.15, 0.2) is 0 Å². The van der Waals surface area contributed by atoms with Crippen LogP contribution in [0.1, 0.15) is 6.92 Å². The van der Waals surface area contributed by atoms with Crippen LogP contribution in [-0.4, -0.2) is 31.8 Å². The number of hydrogen-bond donors (Lipinski definition) is 1. The molecule has 0 saturated heterocycles. The Morgan fingerprint density at radius 2 is 2.31 bits per heavy atom. The molecule has 1 aliphatic rings. The van der Waals surface area contributed by atoms with Gasteiger partial charge >= 0.3 is 0 Å². The minimum Gasteiger partial charge on any atom is -0.258 e. The second-order valence-electron chi connectivity index (χ2n) is 3.47. The molecule has 0 spiro atoms. The van der Waals surface area contributed by atoms with Gasteiger partial charge in [0.05, 0.1) is 0 Å². The van der Waals surface area contributed by atoms with Crippen LogP contribution < -0.4 is 5.43 Å². The van der Waals surface area contributed by atoms with E-state index in [1.807, 2.05) is 44.3 Å². The smallest absolute Gasteiger partial charge is 0.129 e. The summed E-state index contributed by atoms with van der Waals surface area (Å²) in [5, 5.41) is 1.87. The highest BCUT2D eigenvalue weighted by atomic mass is 19.1. The zero-order chi connectivity index (χ0) is 9.84. The Hall–Kier alpha value is -0.670. The van der Waals surface area contributed by atoms with Crippen molar-refractivity contribution in [3.8, 4) is 0 Å². The fraction of sp³-hybridized carbons (Fsp3) is 0.600. The van der Waals surface area contributed by atoms with Crippen LogP contribution in [-0.2, 0) is 0 Å². The predicted octanol–water partition coefficient (Wildman–Crippen LogP) is 1.52. The number of alkyl halides is 1. The SMILES string of the molecule is CNN(C)CC1=CC=C[C@@H](C)C1F. The lowest BCUT2D eigenvalue weighted by atomic mass is 9.94. The summed E-state index contributed by atoms with van der Waals surface area (Å²) < 4.78 is 13.6.